The Morgan fingerprint density at radius 1 is 1.24 bits per heavy atom. The monoisotopic (exact) mass is 355 g/mol. The molecule has 2 N–H and O–H groups in total. The molecule has 0 aliphatic heterocycles. The van der Waals surface area contributed by atoms with Crippen LogP contribution in [0.1, 0.15) is 30.2 Å². The van der Waals surface area contributed by atoms with Gasteiger partial charge in [0, 0.05) is 6.20 Å². The lowest BCUT2D eigenvalue weighted by Crippen LogP contribution is -2.28. The maximum atomic E-state index is 14.1. The first kappa shape index (κ1) is 18.4. The Hall–Kier alpha value is -2.97. The largest absolute Gasteiger partial charge is 0.491 e. The van der Waals surface area contributed by atoms with E-state index in [-0.39, 0.29) is 5.52 Å². The number of carbonyl (C=O) groups is 2. The second-order valence-corrected chi connectivity index (χ2v) is 5.71. The van der Waals surface area contributed by atoms with Crippen LogP contribution in [0.3, 0.4) is 0 Å². The summed E-state index contributed by atoms with van der Waals surface area (Å²) < 4.78 is 33.6. The Bertz CT molecular complexity index is 935. The molecule has 0 bridgehead atoms. The third-order valence-electron chi connectivity index (χ3n) is 3.78. The highest BCUT2D eigenvalue weighted by Crippen LogP contribution is 2.33. The number of halogens is 2. The molecule has 25 heavy (non-hydrogen) atoms. The summed E-state index contributed by atoms with van der Waals surface area (Å²) in [5, 5.41) is 18.2. The van der Waals surface area contributed by atoms with Crippen molar-refractivity contribution >= 4 is 22.8 Å². The van der Waals surface area contributed by atoms with Gasteiger partial charge in [-0.25, -0.2) is 14.0 Å². The van der Waals surface area contributed by atoms with Crippen molar-refractivity contribution in [3.05, 3.63) is 39.7 Å². The summed E-state index contributed by atoms with van der Waals surface area (Å²) in [6.07, 6.45) is 0.811. The summed E-state index contributed by atoms with van der Waals surface area (Å²) in [4.78, 5) is 35.3. The van der Waals surface area contributed by atoms with Crippen molar-refractivity contribution in [3.63, 3.8) is 0 Å². The number of hydrogen-bond acceptors (Lipinski definition) is 4. The van der Waals surface area contributed by atoms with Crippen LogP contribution in [0.25, 0.3) is 10.9 Å². The summed E-state index contributed by atoms with van der Waals surface area (Å²) in [6.45, 7) is 3.10. The second-order valence-electron chi connectivity index (χ2n) is 5.71. The molecular formula is C16H15F2NO6. The normalized spacial score (nSPS) is 12.4. The third kappa shape index (κ3) is 2.92. The second kappa shape index (κ2) is 6.50. The average molecular weight is 355 g/mol. The Balaban J connectivity index is 3.14. The summed E-state index contributed by atoms with van der Waals surface area (Å²) in [7, 11) is 1.03. The standard InChI is InChI=1S/C16H15F2NO6/c1-6(2)11(16(23)24)19-5-8(15(21)22)13(20)7-4-9(17)10(18)14(25-3)12(7)19/h4-6,11H,1-3H3,(H,21,22)(H,23,24)/t11-/m0/s1. The number of carboxylic acid groups (broad SMARTS) is 2. The Morgan fingerprint density at radius 3 is 2.28 bits per heavy atom. The number of ether oxygens (including phenoxy) is 1. The number of benzene rings is 1. The fourth-order valence-electron chi connectivity index (χ4n) is 2.71. The molecular weight excluding hydrogens is 340 g/mol. The minimum absolute atomic E-state index is 0.322. The number of pyridine rings is 1. The number of aromatic carboxylic acids is 1. The van der Waals surface area contributed by atoms with Gasteiger partial charge in [0.25, 0.3) is 0 Å². The fourth-order valence-corrected chi connectivity index (χ4v) is 2.71. The predicted molar refractivity (Wildman–Crippen MR) is 83.1 cm³/mol. The van der Waals surface area contributed by atoms with Crippen molar-refractivity contribution in [1.29, 1.82) is 0 Å². The van der Waals surface area contributed by atoms with Gasteiger partial charge in [-0.05, 0) is 12.0 Å². The minimum Gasteiger partial charge on any atom is -0.491 e. The molecule has 0 amide bonds. The van der Waals surface area contributed by atoms with Crippen LogP contribution in [0.5, 0.6) is 5.75 Å². The molecule has 1 heterocycles. The molecule has 2 rings (SSSR count). The van der Waals surface area contributed by atoms with Gasteiger partial charge in [0.2, 0.25) is 11.2 Å². The highest BCUT2D eigenvalue weighted by Gasteiger charge is 2.30. The summed E-state index contributed by atoms with van der Waals surface area (Å²) >= 11 is 0. The van der Waals surface area contributed by atoms with Crippen molar-refractivity contribution < 1.29 is 33.3 Å². The average Bonchev–Trinajstić information content (AvgIpc) is 2.50. The highest BCUT2D eigenvalue weighted by atomic mass is 19.2. The van der Waals surface area contributed by atoms with Gasteiger partial charge in [-0.1, -0.05) is 13.8 Å². The van der Waals surface area contributed by atoms with Crippen LogP contribution in [0.4, 0.5) is 8.78 Å². The third-order valence-corrected chi connectivity index (χ3v) is 3.78. The van der Waals surface area contributed by atoms with E-state index >= 15 is 0 Å². The Labute approximate surface area is 140 Å². The lowest BCUT2D eigenvalue weighted by molar-refractivity contribution is -0.142. The summed E-state index contributed by atoms with van der Waals surface area (Å²) in [5.41, 5.74) is -2.14. The van der Waals surface area contributed by atoms with Gasteiger partial charge in [0.15, 0.2) is 11.6 Å². The molecule has 0 saturated carbocycles. The molecule has 2 aromatic rings. The van der Waals surface area contributed by atoms with E-state index in [1.807, 2.05) is 0 Å². The van der Waals surface area contributed by atoms with Gasteiger partial charge >= 0.3 is 11.9 Å². The molecule has 0 aliphatic carbocycles. The molecule has 1 aromatic carbocycles. The molecule has 7 nitrogen and oxygen atoms in total. The van der Waals surface area contributed by atoms with Crippen LogP contribution in [-0.2, 0) is 4.79 Å². The smallest absolute Gasteiger partial charge is 0.341 e. The minimum atomic E-state index is -1.61. The molecule has 0 saturated heterocycles. The van der Waals surface area contributed by atoms with E-state index in [1.165, 1.54) is 0 Å². The van der Waals surface area contributed by atoms with Crippen LogP contribution >= 0.6 is 0 Å². The number of rotatable bonds is 5. The Morgan fingerprint density at radius 2 is 1.84 bits per heavy atom. The predicted octanol–water partition coefficient (Wildman–Crippen LogP) is 2.27. The number of nitrogens with zero attached hydrogens (tertiary/aromatic N) is 1. The fraction of sp³-hybridized carbons (Fsp3) is 0.312. The molecule has 0 spiro atoms. The quantitative estimate of drug-likeness (QED) is 0.852. The van der Waals surface area contributed by atoms with E-state index in [9.17, 15) is 33.4 Å². The maximum Gasteiger partial charge on any atom is 0.341 e. The van der Waals surface area contributed by atoms with Gasteiger partial charge in [0.1, 0.15) is 11.6 Å². The van der Waals surface area contributed by atoms with E-state index in [0.29, 0.717) is 6.07 Å². The van der Waals surface area contributed by atoms with Crippen LogP contribution < -0.4 is 10.2 Å². The number of hydrogen-bond donors (Lipinski definition) is 2. The first-order valence-electron chi connectivity index (χ1n) is 7.18. The SMILES string of the molecule is COc1c(F)c(F)cc2c(=O)c(C(=O)O)cn([C@H](C(=O)O)C(C)C)c12. The maximum absolute atomic E-state index is 14.1. The number of methoxy groups -OCH3 is 1. The number of carboxylic acids is 2. The summed E-state index contributed by atoms with van der Waals surface area (Å²) in [6, 6.07) is -0.794. The number of fused-ring (bicyclic) bond motifs is 1. The molecule has 0 aliphatic rings. The van der Waals surface area contributed by atoms with Crippen molar-refractivity contribution in [1.82, 2.24) is 4.57 Å². The van der Waals surface area contributed by atoms with Crippen LogP contribution in [0.2, 0.25) is 0 Å². The summed E-state index contributed by atoms with van der Waals surface area (Å²) in [5.74, 6) is -6.98. The zero-order valence-corrected chi connectivity index (χ0v) is 13.5. The van der Waals surface area contributed by atoms with Gasteiger partial charge in [-0.3, -0.25) is 4.79 Å². The van der Waals surface area contributed by atoms with Gasteiger partial charge in [-0.15, -0.1) is 0 Å². The van der Waals surface area contributed by atoms with Crippen molar-refractivity contribution in [2.45, 2.75) is 19.9 Å². The molecule has 1 aromatic heterocycles. The molecule has 0 fully saturated rings. The highest BCUT2D eigenvalue weighted by molar-refractivity contribution is 5.95. The van der Waals surface area contributed by atoms with Crippen molar-refractivity contribution in [3.8, 4) is 5.75 Å². The first-order chi connectivity index (χ1) is 11.6. The zero-order chi connectivity index (χ0) is 19.0. The molecule has 0 unspecified atom stereocenters. The lowest BCUT2D eigenvalue weighted by Gasteiger charge is -2.24. The van der Waals surface area contributed by atoms with E-state index in [2.05, 4.69) is 0 Å². The molecule has 0 radical (unpaired) electrons. The number of aromatic nitrogens is 1. The topological polar surface area (TPSA) is 106 Å². The van der Waals surface area contributed by atoms with Gasteiger partial charge in [0.05, 0.1) is 18.0 Å². The molecule has 9 heteroatoms. The van der Waals surface area contributed by atoms with E-state index in [1.54, 1.807) is 13.8 Å². The van der Waals surface area contributed by atoms with Crippen LogP contribution in [0, 0.1) is 17.6 Å². The van der Waals surface area contributed by atoms with Gasteiger partial charge in [-0.2, -0.15) is 4.39 Å². The van der Waals surface area contributed by atoms with E-state index in [0.717, 1.165) is 17.9 Å². The van der Waals surface area contributed by atoms with Crippen LogP contribution in [-0.4, -0.2) is 33.8 Å². The molecule has 1 atom stereocenters. The van der Waals surface area contributed by atoms with E-state index in [4.69, 9.17) is 4.74 Å². The lowest BCUT2D eigenvalue weighted by atomic mass is 10.0. The zero-order valence-electron chi connectivity index (χ0n) is 13.5. The van der Waals surface area contributed by atoms with Crippen molar-refractivity contribution in [2.24, 2.45) is 5.92 Å². The first-order valence-corrected chi connectivity index (χ1v) is 7.18. The van der Waals surface area contributed by atoms with Gasteiger partial charge < -0.3 is 19.5 Å². The number of aliphatic carboxylic acids is 1. The van der Waals surface area contributed by atoms with Crippen molar-refractivity contribution in [2.75, 3.05) is 7.11 Å². The van der Waals surface area contributed by atoms with E-state index < -0.39 is 57.7 Å². The Kier molecular flexibility index (Phi) is 4.78. The molecule has 134 valence electrons. The van der Waals surface area contributed by atoms with Crippen LogP contribution in [0.15, 0.2) is 17.1 Å².